The third kappa shape index (κ3) is 5.46. The van der Waals surface area contributed by atoms with Crippen LogP contribution in [0.4, 0.5) is 0 Å². The molecule has 0 unspecified atom stereocenters. The number of thiophene rings is 1. The van der Waals surface area contributed by atoms with Gasteiger partial charge >= 0.3 is 0 Å². The monoisotopic (exact) mass is 717 g/mol. The molecule has 55 heavy (non-hydrogen) atoms. The number of hydrogen-bond donors (Lipinski definition) is 0. The van der Waals surface area contributed by atoms with Crippen molar-refractivity contribution in [1.29, 1.82) is 0 Å². The molecule has 0 N–H and O–H groups in total. The van der Waals surface area contributed by atoms with E-state index in [-0.39, 0.29) is 0 Å². The Hall–Kier alpha value is -7.01. The molecule has 0 bridgehead atoms. The van der Waals surface area contributed by atoms with Gasteiger partial charge in [0.25, 0.3) is 0 Å². The molecular weight excluding hydrogens is 687 g/mol. The molecule has 0 spiro atoms. The lowest BCUT2D eigenvalue weighted by Gasteiger charge is -2.12. The van der Waals surface area contributed by atoms with Gasteiger partial charge in [-0.1, -0.05) is 158 Å². The third-order valence-electron chi connectivity index (χ3n) is 10.7. The van der Waals surface area contributed by atoms with Crippen molar-refractivity contribution < 1.29 is 0 Å². The van der Waals surface area contributed by atoms with Gasteiger partial charge in [0.05, 0.1) is 0 Å². The van der Waals surface area contributed by atoms with Crippen LogP contribution >= 0.6 is 11.3 Å². The summed E-state index contributed by atoms with van der Waals surface area (Å²) in [5, 5.41) is 10.3. The molecule has 9 aromatic carbocycles. The van der Waals surface area contributed by atoms with E-state index in [1.54, 1.807) is 0 Å². The fraction of sp³-hybridized carbons (Fsp3) is 0. The first-order chi connectivity index (χ1) is 27.2. The van der Waals surface area contributed by atoms with Crippen molar-refractivity contribution in [1.82, 2.24) is 15.0 Å². The maximum absolute atomic E-state index is 4.97. The predicted molar refractivity (Wildman–Crippen MR) is 232 cm³/mol. The van der Waals surface area contributed by atoms with Crippen molar-refractivity contribution in [3.05, 3.63) is 188 Å². The van der Waals surface area contributed by atoms with Crippen LogP contribution in [0, 0.1) is 0 Å². The molecule has 0 amide bonds. The number of benzene rings is 9. The Morgan fingerprint density at radius 2 is 0.655 bits per heavy atom. The largest absolute Gasteiger partial charge is 0.208 e. The second-order valence-electron chi connectivity index (χ2n) is 14.0. The maximum atomic E-state index is 4.97. The summed E-state index contributed by atoms with van der Waals surface area (Å²) in [5.74, 6) is 1.97. The first-order valence-corrected chi connectivity index (χ1v) is 19.3. The summed E-state index contributed by atoms with van der Waals surface area (Å²) in [7, 11) is 0. The highest BCUT2D eigenvalue weighted by Crippen LogP contribution is 2.41. The van der Waals surface area contributed by atoms with Gasteiger partial charge in [0.15, 0.2) is 17.5 Å². The fourth-order valence-corrected chi connectivity index (χ4v) is 9.12. The molecule has 0 saturated carbocycles. The quantitative estimate of drug-likeness (QED) is 0.166. The van der Waals surface area contributed by atoms with E-state index >= 15 is 0 Å². The molecule has 0 radical (unpaired) electrons. The summed E-state index contributed by atoms with van der Waals surface area (Å²) in [5.41, 5.74) is 7.61. The Labute approximate surface area is 321 Å². The van der Waals surface area contributed by atoms with Crippen LogP contribution in [0.25, 0.3) is 109 Å². The Balaban J connectivity index is 0.979. The summed E-state index contributed by atoms with van der Waals surface area (Å²) in [6.45, 7) is 0. The fourth-order valence-electron chi connectivity index (χ4n) is 8.00. The minimum atomic E-state index is 0.653. The molecule has 0 aliphatic rings. The van der Waals surface area contributed by atoms with Crippen molar-refractivity contribution in [2.45, 2.75) is 0 Å². The van der Waals surface area contributed by atoms with Crippen LogP contribution < -0.4 is 0 Å². The van der Waals surface area contributed by atoms with Crippen LogP contribution in [-0.4, -0.2) is 15.0 Å². The third-order valence-corrected chi connectivity index (χ3v) is 11.8. The Kier molecular flexibility index (Phi) is 7.35. The van der Waals surface area contributed by atoms with Gasteiger partial charge in [-0.15, -0.1) is 11.3 Å². The highest BCUT2D eigenvalue weighted by molar-refractivity contribution is 7.25. The van der Waals surface area contributed by atoms with Crippen LogP contribution in [0.2, 0.25) is 0 Å². The van der Waals surface area contributed by atoms with Gasteiger partial charge in [-0.05, 0) is 84.9 Å². The summed E-state index contributed by atoms with van der Waals surface area (Å²) >= 11 is 1.85. The summed E-state index contributed by atoms with van der Waals surface area (Å²) in [4.78, 5) is 14.8. The molecule has 0 saturated heterocycles. The Bertz CT molecular complexity index is 3170. The number of hydrogen-bond acceptors (Lipinski definition) is 4. The molecule has 2 aromatic heterocycles. The van der Waals surface area contributed by atoms with Crippen LogP contribution in [0.3, 0.4) is 0 Å². The van der Waals surface area contributed by atoms with Gasteiger partial charge < -0.3 is 0 Å². The van der Waals surface area contributed by atoms with E-state index in [0.717, 1.165) is 27.8 Å². The van der Waals surface area contributed by atoms with E-state index in [4.69, 9.17) is 15.0 Å². The maximum Gasteiger partial charge on any atom is 0.164 e. The second-order valence-corrected chi connectivity index (χ2v) is 15.1. The standard InChI is InChI=1S/C51H31N3S/c1-3-12-32(13-4-1)49-52-50(33-14-5-2-6-15-33)54-51(53-49)38-17-11-16-34(28-38)37-23-26-44-46-30-36(24-27-47(46)55-48(44)31-37)35-22-25-43-41-20-8-7-18-39(41)40-19-9-10-21-42(40)45(43)29-35/h1-31H. The van der Waals surface area contributed by atoms with Gasteiger partial charge in [-0.3, -0.25) is 0 Å². The van der Waals surface area contributed by atoms with Crippen LogP contribution in [-0.2, 0) is 0 Å². The Morgan fingerprint density at radius 1 is 0.236 bits per heavy atom. The topological polar surface area (TPSA) is 38.7 Å². The molecule has 0 aliphatic heterocycles. The number of aromatic nitrogens is 3. The summed E-state index contributed by atoms with van der Waals surface area (Å²) < 4.78 is 2.55. The lowest BCUT2D eigenvalue weighted by atomic mass is 9.92. The Morgan fingerprint density at radius 3 is 1.27 bits per heavy atom. The van der Waals surface area contributed by atoms with Gasteiger partial charge in [0, 0.05) is 36.9 Å². The molecular formula is C51H31N3S. The molecule has 256 valence electrons. The van der Waals surface area contributed by atoms with E-state index in [1.165, 1.54) is 63.6 Å². The molecule has 0 atom stereocenters. The van der Waals surface area contributed by atoms with E-state index in [9.17, 15) is 0 Å². The van der Waals surface area contributed by atoms with Crippen molar-refractivity contribution in [3.8, 4) is 56.4 Å². The molecule has 2 heterocycles. The van der Waals surface area contributed by atoms with Gasteiger partial charge in [0.2, 0.25) is 0 Å². The van der Waals surface area contributed by atoms with E-state index in [0.29, 0.717) is 17.5 Å². The zero-order chi connectivity index (χ0) is 36.3. The first-order valence-electron chi connectivity index (χ1n) is 18.5. The SMILES string of the molecule is c1ccc(-c2nc(-c3ccccc3)nc(-c3cccc(-c4ccc5c(c4)sc4ccc(-c6ccc7c8ccccc8c8ccccc8c7c6)cc45)c3)n2)cc1. The molecule has 11 rings (SSSR count). The normalized spacial score (nSPS) is 11.6. The smallest absolute Gasteiger partial charge is 0.164 e. The van der Waals surface area contributed by atoms with Gasteiger partial charge in [0.1, 0.15) is 0 Å². The van der Waals surface area contributed by atoms with E-state index < -0.39 is 0 Å². The van der Waals surface area contributed by atoms with E-state index in [1.807, 2.05) is 72.0 Å². The molecule has 0 fully saturated rings. The van der Waals surface area contributed by atoms with Gasteiger partial charge in [-0.25, -0.2) is 15.0 Å². The second kappa shape index (κ2) is 12.8. The highest BCUT2D eigenvalue weighted by Gasteiger charge is 2.15. The van der Waals surface area contributed by atoms with Crippen molar-refractivity contribution >= 4 is 63.8 Å². The number of rotatable bonds is 5. The highest BCUT2D eigenvalue weighted by atomic mass is 32.1. The molecule has 0 aliphatic carbocycles. The van der Waals surface area contributed by atoms with Crippen molar-refractivity contribution in [2.75, 3.05) is 0 Å². The zero-order valence-electron chi connectivity index (χ0n) is 29.6. The lowest BCUT2D eigenvalue weighted by Crippen LogP contribution is -2.00. The molecule has 3 nitrogen and oxygen atoms in total. The molecule has 11 aromatic rings. The first kappa shape index (κ1) is 31.5. The predicted octanol–water partition coefficient (Wildman–Crippen LogP) is 14.0. The summed E-state index contributed by atoms with van der Waals surface area (Å²) in [6, 6.07) is 67.0. The van der Waals surface area contributed by atoms with Crippen molar-refractivity contribution in [3.63, 3.8) is 0 Å². The minimum Gasteiger partial charge on any atom is -0.208 e. The van der Waals surface area contributed by atoms with Crippen molar-refractivity contribution in [2.24, 2.45) is 0 Å². The average molecular weight is 718 g/mol. The van der Waals surface area contributed by atoms with Crippen LogP contribution in [0.5, 0.6) is 0 Å². The lowest BCUT2D eigenvalue weighted by molar-refractivity contribution is 1.07. The number of nitrogens with zero attached hydrogens (tertiary/aromatic N) is 3. The van der Waals surface area contributed by atoms with E-state index in [2.05, 4.69) is 127 Å². The minimum absolute atomic E-state index is 0.653. The zero-order valence-corrected chi connectivity index (χ0v) is 30.5. The van der Waals surface area contributed by atoms with Gasteiger partial charge in [-0.2, -0.15) is 0 Å². The summed E-state index contributed by atoms with van der Waals surface area (Å²) in [6.07, 6.45) is 0. The number of fused-ring (bicyclic) bond motifs is 9. The molecule has 4 heteroatoms. The van der Waals surface area contributed by atoms with Crippen LogP contribution in [0.15, 0.2) is 188 Å². The van der Waals surface area contributed by atoms with Crippen LogP contribution in [0.1, 0.15) is 0 Å². The average Bonchev–Trinajstić information content (AvgIpc) is 3.64.